The molecule has 7 heteroatoms. The quantitative estimate of drug-likeness (QED) is 0.768. The second-order valence-corrected chi connectivity index (χ2v) is 5.98. The number of carbonyl (C=O) groups is 1. The molecule has 2 aromatic carbocycles. The molecule has 0 spiro atoms. The van der Waals surface area contributed by atoms with Gasteiger partial charge in [0.05, 0.1) is 5.56 Å². The van der Waals surface area contributed by atoms with Gasteiger partial charge >= 0.3 is 0 Å². The number of fused-ring (bicyclic) bond motifs is 1. The Morgan fingerprint density at radius 1 is 1.00 bits per heavy atom. The fraction of sp³-hybridized carbons (Fsp3) is 0.150. The molecule has 0 saturated carbocycles. The highest BCUT2D eigenvalue weighted by Gasteiger charge is 2.15. The van der Waals surface area contributed by atoms with Crippen LogP contribution in [0.2, 0.25) is 0 Å². The lowest BCUT2D eigenvalue weighted by atomic mass is 10.2. The van der Waals surface area contributed by atoms with Crippen molar-refractivity contribution in [1.82, 2.24) is 9.97 Å². The van der Waals surface area contributed by atoms with Gasteiger partial charge in [0.1, 0.15) is 13.2 Å². The Bertz CT molecular complexity index is 945. The molecule has 0 unspecified atom stereocenters. The van der Waals surface area contributed by atoms with Crippen LogP contribution in [-0.4, -0.2) is 36.1 Å². The molecular formula is C20H18N4O3. The number of aromatic nitrogens is 2. The van der Waals surface area contributed by atoms with E-state index in [1.807, 2.05) is 48.5 Å². The summed E-state index contributed by atoms with van der Waals surface area (Å²) >= 11 is 0. The molecule has 1 aliphatic rings. The van der Waals surface area contributed by atoms with Crippen LogP contribution >= 0.6 is 0 Å². The van der Waals surface area contributed by atoms with Crippen molar-refractivity contribution in [3.8, 4) is 11.5 Å². The van der Waals surface area contributed by atoms with Gasteiger partial charge in [-0.1, -0.05) is 18.2 Å². The molecule has 1 N–H and O–H groups in total. The Morgan fingerprint density at radius 3 is 2.44 bits per heavy atom. The van der Waals surface area contributed by atoms with E-state index in [4.69, 9.17) is 9.47 Å². The van der Waals surface area contributed by atoms with Crippen molar-refractivity contribution >= 4 is 23.2 Å². The molecule has 1 aliphatic heterocycles. The molecular weight excluding hydrogens is 344 g/mol. The average Bonchev–Trinajstić information content (AvgIpc) is 2.74. The maximum Gasteiger partial charge on any atom is 0.261 e. The fourth-order valence-corrected chi connectivity index (χ4v) is 2.72. The molecule has 1 aromatic heterocycles. The lowest BCUT2D eigenvalue weighted by Crippen LogP contribution is -2.26. The Hall–Kier alpha value is -3.61. The number of nitrogens with one attached hydrogen (secondary N) is 1. The largest absolute Gasteiger partial charge is 0.486 e. The van der Waals surface area contributed by atoms with Crippen LogP contribution in [0.5, 0.6) is 11.5 Å². The molecule has 0 fully saturated rings. The van der Waals surface area contributed by atoms with Crippen LogP contribution in [-0.2, 0) is 0 Å². The molecule has 0 aliphatic carbocycles. The van der Waals surface area contributed by atoms with Crippen LogP contribution in [0.3, 0.4) is 0 Å². The predicted octanol–water partition coefficient (Wildman–Crippen LogP) is 3.27. The van der Waals surface area contributed by atoms with Crippen molar-refractivity contribution in [2.75, 3.05) is 30.5 Å². The SMILES string of the molecule is CN(C(=O)c1cnc(Nc2ccc3c(c2)OCCO3)nc1)c1ccccc1. The third-order valence-electron chi connectivity index (χ3n) is 4.15. The standard InChI is InChI=1S/C20H18N4O3/c1-24(16-5-3-2-4-6-16)19(25)14-12-21-20(22-13-14)23-15-7-8-17-18(11-15)27-10-9-26-17/h2-8,11-13H,9-10H2,1H3,(H,21,22,23). The molecule has 0 bridgehead atoms. The Balaban J connectivity index is 1.47. The zero-order valence-electron chi connectivity index (χ0n) is 14.8. The van der Waals surface area contributed by atoms with E-state index in [0.29, 0.717) is 30.5 Å². The first-order chi connectivity index (χ1) is 13.2. The first kappa shape index (κ1) is 16.8. The lowest BCUT2D eigenvalue weighted by molar-refractivity contribution is 0.0992. The van der Waals surface area contributed by atoms with Gasteiger partial charge in [0.15, 0.2) is 11.5 Å². The van der Waals surface area contributed by atoms with E-state index in [0.717, 1.165) is 17.1 Å². The first-order valence-corrected chi connectivity index (χ1v) is 8.52. The maximum absolute atomic E-state index is 12.6. The van der Waals surface area contributed by atoms with Crippen molar-refractivity contribution in [3.05, 3.63) is 66.5 Å². The third kappa shape index (κ3) is 3.67. The number of hydrogen-bond acceptors (Lipinski definition) is 6. The van der Waals surface area contributed by atoms with Gasteiger partial charge in [-0.25, -0.2) is 9.97 Å². The summed E-state index contributed by atoms with van der Waals surface area (Å²) in [5, 5.41) is 3.10. The normalized spacial score (nSPS) is 12.3. The minimum atomic E-state index is -0.174. The van der Waals surface area contributed by atoms with Gasteiger partial charge in [-0.05, 0) is 24.3 Å². The molecule has 4 rings (SSSR count). The number of carbonyl (C=O) groups excluding carboxylic acids is 1. The topological polar surface area (TPSA) is 76.6 Å². The molecule has 2 heterocycles. The van der Waals surface area contributed by atoms with E-state index >= 15 is 0 Å². The molecule has 136 valence electrons. The lowest BCUT2D eigenvalue weighted by Gasteiger charge is -2.19. The van der Waals surface area contributed by atoms with E-state index < -0.39 is 0 Å². The first-order valence-electron chi connectivity index (χ1n) is 8.52. The number of anilines is 3. The molecule has 27 heavy (non-hydrogen) atoms. The van der Waals surface area contributed by atoms with E-state index in [2.05, 4.69) is 15.3 Å². The highest BCUT2D eigenvalue weighted by Crippen LogP contribution is 2.33. The van der Waals surface area contributed by atoms with Crippen LogP contribution in [0.15, 0.2) is 60.9 Å². The number of para-hydroxylation sites is 1. The minimum absolute atomic E-state index is 0.174. The average molecular weight is 362 g/mol. The highest BCUT2D eigenvalue weighted by atomic mass is 16.6. The van der Waals surface area contributed by atoms with E-state index in [1.54, 1.807) is 11.9 Å². The Kier molecular flexibility index (Phi) is 4.57. The van der Waals surface area contributed by atoms with Crippen molar-refractivity contribution in [2.45, 2.75) is 0 Å². The van der Waals surface area contributed by atoms with Gasteiger partial charge in [0.25, 0.3) is 5.91 Å². The van der Waals surface area contributed by atoms with Gasteiger partial charge in [-0.15, -0.1) is 0 Å². The number of benzene rings is 2. The van der Waals surface area contributed by atoms with Gasteiger partial charge in [-0.2, -0.15) is 0 Å². The zero-order chi connectivity index (χ0) is 18.6. The molecule has 1 amide bonds. The second-order valence-electron chi connectivity index (χ2n) is 5.98. The van der Waals surface area contributed by atoms with Crippen LogP contribution in [0.25, 0.3) is 0 Å². The molecule has 0 saturated heterocycles. The van der Waals surface area contributed by atoms with Gasteiger partial charge in [-0.3, -0.25) is 4.79 Å². The number of ether oxygens (including phenoxy) is 2. The smallest absolute Gasteiger partial charge is 0.261 e. The van der Waals surface area contributed by atoms with E-state index in [1.165, 1.54) is 12.4 Å². The summed E-state index contributed by atoms with van der Waals surface area (Å²) in [6.45, 7) is 1.08. The Labute approximate surface area is 156 Å². The Morgan fingerprint density at radius 2 is 1.70 bits per heavy atom. The summed E-state index contributed by atoms with van der Waals surface area (Å²) in [6.07, 6.45) is 3.02. The molecule has 0 radical (unpaired) electrons. The molecule has 3 aromatic rings. The van der Waals surface area contributed by atoms with Crippen molar-refractivity contribution in [1.29, 1.82) is 0 Å². The fourth-order valence-electron chi connectivity index (χ4n) is 2.72. The van der Waals surface area contributed by atoms with Crippen LogP contribution in [0, 0.1) is 0 Å². The van der Waals surface area contributed by atoms with E-state index in [-0.39, 0.29) is 5.91 Å². The van der Waals surface area contributed by atoms with E-state index in [9.17, 15) is 4.79 Å². The number of nitrogens with zero attached hydrogens (tertiary/aromatic N) is 3. The summed E-state index contributed by atoms with van der Waals surface area (Å²) in [6, 6.07) is 14.9. The maximum atomic E-state index is 12.6. The van der Waals surface area contributed by atoms with Crippen LogP contribution in [0.1, 0.15) is 10.4 Å². The van der Waals surface area contributed by atoms with Crippen molar-refractivity contribution < 1.29 is 14.3 Å². The molecule has 7 nitrogen and oxygen atoms in total. The number of rotatable bonds is 4. The summed E-state index contributed by atoms with van der Waals surface area (Å²) in [5.41, 5.74) is 2.00. The predicted molar refractivity (Wildman–Crippen MR) is 102 cm³/mol. The van der Waals surface area contributed by atoms with Crippen LogP contribution < -0.4 is 19.7 Å². The highest BCUT2D eigenvalue weighted by molar-refractivity contribution is 6.05. The van der Waals surface area contributed by atoms with Gasteiger partial charge in [0, 0.05) is 36.9 Å². The van der Waals surface area contributed by atoms with Crippen molar-refractivity contribution in [3.63, 3.8) is 0 Å². The summed E-state index contributed by atoms with van der Waals surface area (Å²) < 4.78 is 11.1. The zero-order valence-corrected chi connectivity index (χ0v) is 14.8. The third-order valence-corrected chi connectivity index (χ3v) is 4.15. The number of amides is 1. The van der Waals surface area contributed by atoms with Gasteiger partial charge < -0.3 is 19.7 Å². The second kappa shape index (κ2) is 7.33. The minimum Gasteiger partial charge on any atom is -0.486 e. The summed E-state index contributed by atoms with van der Waals surface area (Å²) in [5.74, 6) is 1.62. The monoisotopic (exact) mass is 362 g/mol. The molecule has 0 atom stereocenters. The summed E-state index contributed by atoms with van der Waals surface area (Å²) in [7, 11) is 1.72. The summed E-state index contributed by atoms with van der Waals surface area (Å²) in [4.78, 5) is 22.6. The van der Waals surface area contributed by atoms with Crippen LogP contribution in [0.4, 0.5) is 17.3 Å². The van der Waals surface area contributed by atoms with Gasteiger partial charge in [0.2, 0.25) is 5.95 Å². The van der Waals surface area contributed by atoms with Crippen molar-refractivity contribution in [2.24, 2.45) is 0 Å². The number of hydrogen-bond donors (Lipinski definition) is 1.